The van der Waals surface area contributed by atoms with Gasteiger partial charge in [0.25, 0.3) is 0 Å². The van der Waals surface area contributed by atoms with Gasteiger partial charge in [0.15, 0.2) is 0 Å². The number of furan rings is 1. The van der Waals surface area contributed by atoms with Crippen LogP contribution in [-0.2, 0) is 20.9 Å². The first kappa shape index (κ1) is 26.6. The second kappa shape index (κ2) is 10.4. The lowest BCUT2D eigenvalue weighted by Gasteiger charge is -2.28. The molecule has 3 amide bonds. The molecule has 41 heavy (non-hydrogen) atoms. The highest BCUT2D eigenvalue weighted by atomic mass is 32.1. The molecule has 0 bridgehead atoms. The van der Waals surface area contributed by atoms with Crippen LogP contribution in [0.2, 0.25) is 0 Å². The third-order valence-electron chi connectivity index (χ3n) is 7.80. The van der Waals surface area contributed by atoms with Crippen LogP contribution in [0.3, 0.4) is 0 Å². The molecule has 210 valence electrons. The number of carbonyl (C=O) groups excluding carboxylic acids is 3. The largest absolute Gasteiger partial charge is 0.457 e. The number of rotatable bonds is 10. The standard InChI is InChI=1S/C30H29N5O5S/c1-30-12-23(29(38)33-14-22-10-19(16-41-22)28(31)32)35(25(30)13-30)26(37)15-34(17-36)27-11-18-9-21(7-8-24(18)40-27)39-20-5-3-2-4-6-20/h2-11,16-17,23,25H,12-15H2,1H3,(H3,31,32)(H,33,38)/t23-,25-,30+/m0/s1. The molecule has 1 saturated carbocycles. The summed E-state index contributed by atoms with van der Waals surface area (Å²) in [7, 11) is 0. The first-order chi connectivity index (χ1) is 19.7. The molecule has 0 unspecified atom stereocenters. The van der Waals surface area contributed by atoms with Crippen LogP contribution >= 0.6 is 11.3 Å². The molecule has 2 aromatic carbocycles. The van der Waals surface area contributed by atoms with Gasteiger partial charge in [0.2, 0.25) is 24.1 Å². The number of amidine groups is 1. The molecule has 4 aromatic rings. The van der Waals surface area contributed by atoms with E-state index in [9.17, 15) is 14.4 Å². The molecule has 6 rings (SSSR count). The summed E-state index contributed by atoms with van der Waals surface area (Å²) in [6, 6.07) is 17.5. The minimum Gasteiger partial charge on any atom is -0.457 e. The van der Waals surface area contributed by atoms with Gasteiger partial charge in [-0.05, 0) is 54.7 Å². The van der Waals surface area contributed by atoms with Crippen molar-refractivity contribution in [3.8, 4) is 11.5 Å². The molecule has 2 aromatic heterocycles. The van der Waals surface area contributed by atoms with Crippen molar-refractivity contribution in [3.63, 3.8) is 0 Å². The molecule has 0 radical (unpaired) electrons. The Morgan fingerprint density at radius 1 is 1.20 bits per heavy atom. The Labute approximate surface area is 240 Å². The van der Waals surface area contributed by atoms with Gasteiger partial charge in [-0.25, -0.2) is 0 Å². The summed E-state index contributed by atoms with van der Waals surface area (Å²) in [6.07, 6.45) is 1.96. The van der Waals surface area contributed by atoms with Crippen LogP contribution in [0.1, 0.15) is 30.2 Å². The SMILES string of the molecule is C[C@@]12C[C@@H]1N(C(=O)CN(C=O)c1cc3cc(Oc4ccccc4)ccc3o1)[C@H](C(=O)NCc1cc(C(=N)N)cs1)C2. The molecule has 1 saturated heterocycles. The zero-order valence-corrected chi connectivity index (χ0v) is 23.1. The molecule has 3 heterocycles. The third kappa shape index (κ3) is 5.28. The number of nitrogens with zero attached hydrogens (tertiary/aromatic N) is 2. The number of likely N-dealkylation sites (tertiary alicyclic amines) is 1. The highest BCUT2D eigenvalue weighted by Crippen LogP contribution is 2.59. The van der Waals surface area contributed by atoms with E-state index in [1.54, 1.807) is 34.5 Å². The van der Waals surface area contributed by atoms with Crippen LogP contribution in [0.25, 0.3) is 11.0 Å². The maximum Gasteiger partial charge on any atom is 0.243 e. The van der Waals surface area contributed by atoms with Crippen LogP contribution in [0.5, 0.6) is 11.5 Å². The average Bonchev–Trinajstić information content (AvgIpc) is 3.34. The Morgan fingerprint density at radius 2 is 2.00 bits per heavy atom. The number of nitrogens with two attached hydrogens (primary N) is 1. The number of para-hydroxylation sites is 1. The monoisotopic (exact) mass is 571 g/mol. The van der Waals surface area contributed by atoms with Crippen LogP contribution in [-0.4, -0.2) is 47.6 Å². The zero-order chi connectivity index (χ0) is 28.7. The zero-order valence-electron chi connectivity index (χ0n) is 22.3. The van der Waals surface area contributed by atoms with Crippen molar-refractivity contribution in [1.29, 1.82) is 5.41 Å². The number of hydrogen-bond acceptors (Lipinski definition) is 7. The Hall–Kier alpha value is -4.64. The van der Waals surface area contributed by atoms with Crippen molar-refractivity contribution in [1.82, 2.24) is 10.2 Å². The van der Waals surface area contributed by atoms with Gasteiger partial charge >= 0.3 is 0 Å². The van der Waals surface area contributed by atoms with E-state index in [-0.39, 0.29) is 48.1 Å². The van der Waals surface area contributed by atoms with Crippen molar-refractivity contribution in [2.24, 2.45) is 11.1 Å². The highest BCUT2D eigenvalue weighted by molar-refractivity contribution is 7.10. The predicted molar refractivity (Wildman–Crippen MR) is 155 cm³/mol. The van der Waals surface area contributed by atoms with Gasteiger partial charge < -0.3 is 25.1 Å². The van der Waals surface area contributed by atoms with Crippen molar-refractivity contribution in [2.75, 3.05) is 11.4 Å². The molecule has 0 spiro atoms. The second-order valence-corrected chi connectivity index (χ2v) is 11.8. The number of ether oxygens (including phenoxy) is 1. The minimum atomic E-state index is -0.625. The summed E-state index contributed by atoms with van der Waals surface area (Å²) in [5.41, 5.74) is 6.59. The van der Waals surface area contributed by atoms with Gasteiger partial charge in [-0.2, -0.15) is 0 Å². The number of nitrogens with one attached hydrogen (secondary N) is 2. The first-order valence-electron chi connectivity index (χ1n) is 13.2. The van der Waals surface area contributed by atoms with Gasteiger partial charge in [0, 0.05) is 33.3 Å². The molecule has 1 aliphatic heterocycles. The quantitative estimate of drug-likeness (QED) is 0.148. The maximum absolute atomic E-state index is 13.6. The number of nitrogen functional groups attached to an aromatic ring is 1. The van der Waals surface area contributed by atoms with E-state index in [2.05, 4.69) is 12.2 Å². The van der Waals surface area contributed by atoms with Crippen LogP contribution in [0, 0.1) is 10.8 Å². The molecule has 2 fully saturated rings. The average molecular weight is 572 g/mol. The van der Waals surface area contributed by atoms with Gasteiger partial charge in [0.05, 0.1) is 6.54 Å². The summed E-state index contributed by atoms with van der Waals surface area (Å²) in [4.78, 5) is 42.6. The maximum atomic E-state index is 13.6. The van der Waals surface area contributed by atoms with Gasteiger partial charge in [-0.15, -0.1) is 11.3 Å². The van der Waals surface area contributed by atoms with E-state index < -0.39 is 6.04 Å². The third-order valence-corrected chi connectivity index (χ3v) is 8.73. The number of piperidine rings is 1. The van der Waals surface area contributed by atoms with Crippen LogP contribution in [0.4, 0.5) is 5.88 Å². The van der Waals surface area contributed by atoms with E-state index in [4.69, 9.17) is 20.3 Å². The number of fused-ring (bicyclic) bond motifs is 2. The van der Waals surface area contributed by atoms with E-state index in [0.717, 1.165) is 16.7 Å². The Morgan fingerprint density at radius 3 is 2.73 bits per heavy atom. The highest BCUT2D eigenvalue weighted by Gasteiger charge is 2.64. The summed E-state index contributed by atoms with van der Waals surface area (Å²) >= 11 is 1.41. The van der Waals surface area contributed by atoms with E-state index in [1.807, 2.05) is 36.4 Å². The first-order valence-corrected chi connectivity index (χ1v) is 14.1. The predicted octanol–water partition coefficient (Wildman–Crippen LogP) is 4.23. The molecule has 3 atom stereocenters. The molecule has 4 N–H and O–H groups in total. The lowest BCUT2D eigenvalue weighted by atomic mass is 10.0. The van der Waals surface area contributed by atoms with Crippen molar-refractivity contribution >= 4 is 52.3 Å². The minimum absolute atomic E-state index is 0.0236. The molecular formula is C30H29N5O5S. The Kier molecular flexibility index (Phi) is 6.74. The second-order valence-electron chi connectivity index (χ2n) is 10.8. The van der Waals surface area contributed by atoms with Gasteiger partial charge in [0.1, 0.15) is 35.5 Å². The van der Waals surface area contributed by atoms with Crippen molar-refractivity contribution in [2.45, 2.75) is 38.4 Å². The van der Waals surface area contributed by atoms with E-state index in [1.165, 1.54) is 16.2 Å². The summed E-state index contributed by atoms with van der Waals surface area (Å²) in [5, 5.41) is 13.0. The summed E-state index contributed by atoms with van der Waals surface area (Å²) < 4.78 is 11.8. The Balaban J connectivity index is 1.14. The number of anilines is 1. The summed E-state index contributed by atoms with van der Waals surface area (Å²) in [6.45, 7) is 2.11. The van der Waals surface area contributed by atoms with Crippen molar-refractivity contribution in [3.05, 3.63) is 76.5 Å². The number of amides is 3. The van der Waals surface area contributed by atoms with Gasteiger partial charge in [-0.3, -0.25) is 24.7 Å². The fourth-order valence-corrected chi connectivity index (χ4v) is 6.32. The smallest absolute Gasteiger partial charge is 0.243 e. The fourth-order valence-electron chi connectivity index (χ4n) is 5.50. The Bertz CT molecular complexity index is 1650. The van der Waals surface area contributed by atoms with Crippen LogP contribution < -0.4 is 20.7 Å². The van der Waals surface area contributed by atoms with Crippen molar-refractivity contribution < 1.29 is 23.5 Å². The normalized spacial score (nSPS) is 20.9. The lowest BCUT2D eigenvalue weighted by molar-refractivity contribution is -0.139. The molecule has 1 aliphatic carbocycles. The number of carbonyl (C=O) groups is 3. The molecule has 2 aliphatic rings. The fraction of sp³-hybridized carbons (Fsp3) is 0.267. The van der Waals surface area contributed by atoms with E-state index >= 15 is 0 Å². The molecular weight excluding hydrogens is 542 g/mol. The molecule has 11 heteroatoms. The lowest BCUT2D eigenvalue weighted by Crippen LogP contribution is -2.50. The topological polar surface area (TPSA) is 142 Å². The number of thiophene rings is 1. The summed E-state index contributed by atoms with van der Waals surface area (Å²) in [5.74, 6) is 0.971. The number of benzene rings is 2. The number of hydrogen-bond donors (Lipinski definition) is 3. The van der Waals surface area contributed by atoms with E-state index in [0.29, 0.717) is 35.5 Å². The molecule has 10 nitrogen and oxygen atoms in total. The van der Waals surface area contributed by atoms with Crippen LogP contribution in [0.15, 0.2) is 70.5 Å². The van der Waals surface area contributed by atoms with Gasteiger partial charge in [-0.1, -0.05) is 25.1 Å².